The lowest BCUT2D eigenvalue weighted by Crippen LogP contribution is -1.90. The van der Waals surface area contributed by atoms with E-state index in [2.05, 4.69) is 4.99 Å². The van der Waals surface area contributed by atoms with E-state index in [-0.39, 0.29) is 5.75 Å². The average molecular weight is 177 g/mol. The van der Waals surface area contributed by atoms with Crippen LogP contribution in [-0.2, 0) is 11.3 Å². The molecule has 13 heavy (non-hydrogen) atoms. The lowest BCUT2D eigenvalue weighted by molar-refractivity contribution is 0.470. The van der Waals surface area contributed by atoms with Gasteiger partial charge in [0, 0.05) is 0 Å². The van der Waals surface area contributed by atoms with Crippen molar-refractivity contribution in [3.63, 3.8) is 0 Å². The van der Waals surface area contributed by atoms with E-state index in [0.717, 1.165) is 16.7 Å². The third-order valence-electron chi connectivity index (χ3n) is 2.18. The van der Waals surface area contributed by atoms with Crippen LogP contribution in [0.15, 0.2) is 17.1 Å². The Balaban J connectivity index is 3.10. The maximum atomic E-state index is 9.90. The number of phenols is 1. The van der Waals surface area contributed by atoms with Gasteiger partial charge in [-0.25, -0.2) is 9.79 Å². The van der Waals surface area contributed by atoms with Gasteiger partial charge in [-0.1, -0.05) is 6.07 Å². The summed E-state index contributed by atoms with van der Waals surface area (Å²) in [5.74, 6) is 0.274. The van der Waals surface area contributed by atoms with Crippen LogP contribution in [0.3, 0.4) is 0 Å². The molecule has 0 aliphatic carbocycles. The molecule has 0 radical (unpaired) electrons. The van der Waals surface area contributed by atoms with Gasteiger partial charge in [-0.3, -0.25) is 0 Å². The summed E-state index contributed by atoms with van der Waals surface area (Å²) in [7, 11) is 0. The summed E-state index contributed by atoms with van der Waals surface area (Å²) in [4.78, 5) is 13.4. The topological polar surface area (TPSA) is 49.7 Å². The fourth-order valence-corrected chi connectivity index (χ4v) is 1.15. The smallest absolute Gasteiger partial charge is 0.235 e. The van der Waals surface area contributed by atoms with E-state index in [1.54, 1.807) is 12.1 Å². The molecular formula is C10H11NO2. The molecular weight excluding hydrogens is 166 g/mol. The number of isocyanates is 1. The van der Waals surface area contributed by atoms with E-state index in [4.69, 9.17) is 0 Å². The van der Waals surface area contributed by atoms with Gasteiger partial charge in [-0.15, -0.1) is 0 Å². The Morgan fingerprint density at radius 3 is 2.69 bits per heavy atom. The van der Waals surface area contributed by atoms with Gasteiger partial charge in [0.25, 0.3) is 0 Å². The SMILES string of the molecule is Cc1c(O)ccc(CN=C=O)c1C. The zero-order chi connectivity index (χ0) is 9.84. The van der Waals surface area contributed by atoms with Crippen LogP contribution in [0.5, 0.6) is 5.75 Å². The summed E-state index contributed by atoms with van der Waals surface area (Å²) in [6.07, 6.45) is 1.49. The van der Waals surface area contributed by atoms with Crippen LogP contribution in [0.4, 0.5) is 0 Å². The molecule has 0 saturated heterocycles. The molecule has 0 aliphatic rings. The summed E-state index contributed by atoms with van der Waals surface area (Å²) < 4.78 is 0. The Kier molecular flexibility index (Phi) is 2.83. The van der Waals surface area contributed by atoms with Gasteiger partial charge in [-0.2, -0.15) is 0 Å². The molecule has 1 aromatic rings. The molecule has 0 aromatic heterocycles. The minimum Gasteiger partial charge on any atom is -0.508 e. The summed E-state index contributed by atoms with van der Waals surface area (Å²) in [5, 5.41) is 9.34. The van der Waals surface area contributed by atoms with E-state index >= 15 is 0 Å². The number of benzene rings is 1. The number of hydrogen-bond donors (Lipinski definition) is 1. The molecule has 1 rings (SSSR count). The number of aromatic hydroxyl groups is 1. The summed E-state index contributed by atoms with van der Waals surface area (Å²) in [6.45, 7) is 4.06. The van der Waals surface area contributed by atoms with E-state index < -0.39 is 0 Å². The van der Waals surface area contributed by atoms with Gasteiger partial charge < -0.3 is 5.11 Å². The Morgan fingerprint density at radius 2 is 2.08 bits per heavy atom. The molecule has 3 heteroatoms. The molecule has 0 spiro atoms. The molecule has 68 valence electrons. The quantitative estimate of drug-likeness (QED) is 0.553. The normalized spacial score (nSPS) is 9.38. The fraction of sp³-hybridized carbons (Fsp3) is 0.300. The van der Waals surface area contributed by atoms with Crippen LogP contribution in [0.2, 0.25) is 0 Å². The van der Waals surface area contributed by atoms with Crippen molar-refractivity contribution >= 4 is 6.08 Å². The van der Waals surface area contributed by atoms with Gasteiger partial charge in [0.2, 0.25) is 6.08 Å². The maximum absolute atomic E-state index is 9.90. The van der Waals surface area contributed by atoms with Crippen LogP contribution in [0.25, 0.3) is 0 Å². The van der Waals surface area contributed by atoms with Gasteiger partial charge >= 0.3 is 0 Å². The Morgan fingerprint density at radius 1 is 1.38 bits per heavy atom. The lowest BCUT2D eigenvalue weighted by atomic mass is 10.0. The molecule has 1 N–H and O–H groups in total. The highest BCUT2D eigenvalue weighted by atomic mass is 16.3. The van der Waals surface area contributed by atoms with Crippen LogP contribution in [0.1, 0.15) is 16.7 Å². The number of carbonyl (C=O) groups excluding carboxylic acids is 1. The minimum atomic E-state index is 0.274. The second-order valence-electron chi connectivity index (χ2n) is 2.90. The molecule has 0 amide bonds. The van der Waals surface area contributed by atoms with Gasteiger partial charge in [0.1, 0.15) is 5.75 Å². The average Bonchev–Trinajstić information content (AvgIpc) is 2.13. The van der Waals surface area contributed by atoms with Crippen LogP contribution >= 0.6 is 0 Å². The highest BCUT2D eigenvalue weighted by Crippen LogP contribution is 2.22. The second kappa shape index (κ2) is 3.87. The van der Waals surface area contributed by atoms with Gasteiger partial charge in [0.15, 0.2) is 0 Å². The fourth-order valence-electron chi connectivity index (χ4n) is 1.15. The zero-order valence-corrected chi connectivity index (χ0v) is 7.66. The van der Waals surface area contributed by atoms with Crippen molar-refractivity contribution in [2.24, 2.45) is 4.99 Å². The molecule has 3 nitrogen and oxygen atoms in total. The molecule has 0 saturated carbocycles. The predicted molar refractivity (Wildman–Crippen MR) is 49.4 cm³/mol. The molecule has 0 aliphatic heterocycles. The highest BCUT2D eigenvalue weighted by Gasteiger charge is 2.03. The first kappa shape index (κ1) is 9.49. The number of phenolic OH excluding ortho intramolecular Hbond substituents is 1. The molecule has 1 aromatic carbocycles. The van der Waals surface area contributed by atoms with E-state index in [1.165, 1.54) is 6.08 Å². The molecule has 0 atom stereocenters. The molecule has 0 heterocycles. The maximum Gasteiger partial charge on any atom is 0.235 e. The van der Waals surface area contributed by atoms with Crippen molar-refractivity contribution in [2.75, 3.05) is 0 Å². The highest BCUT2D eigenvalue weighted by molar-refractivity contribution is 5.43. The Bertz CT molecular complexity index is 365. The monoisotopic (exact) mass is 177 g/mol. The van der Waals surface area contributed by atoms with Crippen molar-refractivity contribution < 1.29 is 9.90 Å². The number of nitrogens with zero attached hydrogens (tertiary/aromatic N) is 1. The standard InChI is InChI=1S/C10H11NO2/c1-7-8(2)10(13)4-3-9(7)5-11-6-12/h3-4,13H,5H2,1-2H3. The summed E-state index contributed by atoms with van der Waals surface area (Å²) >= 11 is 0. The molecule has 0 fully saturated rings. The minimum absolute atomic E-state index is 0.274. The summed E-state index contributed by atoms with van der Waals surface area (Å²) in [6, 6.07) is 3.37. The van der Waals surface area contributed by atoms with E-state index in [1.807, 2.05) is 13.8 Å². The molecule has 0 unspecified atom stereocenters. The number of rotatable bonds is 2. The second-order valence-corrected chi connectivity index (χ2v) is 2.90. The zero-order valence-electron chi connectivity index (χ0n) is 7.66. The number of aliphatic imine (C=N–C) groups is 1. The van der Waals surface area contributed by atoms with Gasteiger partial charge in [-0.05, 0) is 36.6 Å². The first-order valence-corrected chi connectivity index (χ1v) is 3.98. The third-order valence-corrected chi connectivity index (χ3v) is 2.18. The van der Waals surface area contributed by atoms with Crippen molar-refractivity contribution in [1.29, 1.82) is 0 Å². The van der Waals surface area contributed by atoms with Crippen LogP contribution < -0.4 is 0 Å². The lowest BCUT2D eigenvalue weighted by Gasteiger charge is -2.06. The largest absolute Gasteiger partial charge is 0.508 e. The van der Waals surface area contributed by atoms with Crippen LogP contribution in [-0.4, -0.2) is 11.2 Å². The molecule has 0 bridgehead atoms. The first-order valence-electron chi connectivity index (χ1n) is 3.98. The van der Waals surface area contributed by atoms with Crippen molar-refractivity contribution in [3.05, 3.63) is 28.8 Å². The van der Waals surface area contributed by atoms with E-state index in [9.17, 15) is 9.90 Å². The summed E-state index contributed by atoms with van der Waals surface area (Å²) in [5.41, 5.74) is 2.75. The number of hydrogen-bond acceptors (Lipinski definition) is 3. The first-order chi connectivity index (χ1) is 6.16. The van der Waals surface area contributed by atoms with E-state index in [0.29, 0.717) is 6.54 Å². The van der Waals surface area contributed by atoms with Crippen LogP contribution in [0, 0.1) is 13.8 Å². The van der Waals surface area contributed by atoms with Crippen molar-refractivity contribution in [1.82, 2.24) is 0 Å². The van der Waals surface area contributed by atoms with Gasteiger partial charge in [0.05, 0.1) is 6.54 Å². The van der Waals surface area contributed by atoms with Crippen molar-refractivity contribution in [2.45, 2.75) is 20.4 Å². The third kappa shape index (κ3) is 1.95. The Hall–Kier alpha value is -1.60. The predicted octanol–water partition coefficient (Wildman–Crippen LogP) is 1.84. The van der Waals surface area contributed by atoms with Crippen molar-refractivity contribution in [3.8, 4) is 5.75 Å². The Labute approximate surface area is 76.7 Å².